The van der Waals surface area contributed by atoms with Crippen molar-refractivity contribution < 1.29 is 1.37 Å². The van der Waals surface area contributed by atoms with E-state index >= 15 is 0 Å². The Morgan fingerprint density at radius 1 is 1.40 bits per heavy atom. The van der Waals surface area contributed by atoms with Gasteiger partial charge in [-0.15, -0.1) is 0 Å². The second-order valence-electron chi connectivity index (χ2n) is 4.28. The SMILES string of the molecule is [2H]C1=Nc2ncccc2C12CCCNCC2. The van der Waals surface area contributed by atoms with Crippen molar-refractivity contribution in [2.75, 3.05) is 13.1 Å². The third-order valence-corrected chi connectivity index (χ3v) is 3.36. The predicted octanol–water partition coefficient (Wildman–Crippen LogP) is 1.81. The van der Waals surface area contributed by atoms with Crippen LogP contribution >= 0.6 is 0 Å². The van der Waals surface area contributed by atoms with Crippen LogP contribution in [0.4, 0.5) is 5.82 Å². The van der Waals surface area contributed by atoms with Gasteiger partial charge >= 0.3 is 0 Å². The van der Waals surface area contributed by atoms with Gasteiger partial charge in [-0.1, -0.05) is 6.07 Å². The highest BCUT2D eigenvalue weighted by Crippen LogP contribution is 2.41. The summed E-state index contributed by atoms with van der Waals surface area (Å²) in [7, 11) is 0. The Labute approximate surface area is 91.0 Å². The van der Waals surface area contributed by atoms with Gasteiger partial charge in [-0.3, -0.25) is 0 Å². The second kappa shape index (κ2) is 3.42. The number of rotatable bonds is 0. The van der Waals surface area contributed by atoms with E-state index in [1.165, 1.54) is 0 Å². The Kier molecular flexibility index (Phi) is 1.82. The van der Waals surface area contributed by atoms with Gasteiger partial charge in [0.25, 0.3) is 0 Å². The molecule has 1 fully saturated rings. The topological polar surface area (TPSA) is 37.3 Å². The molecule has 1 saturated heterocycles. The molecule has 1 unspecified atom stereocenters. The van der Waals surface area contributed by atoms with E-state index < -0.39 is 0 Å². The average molecular weight is 202 g/mol. The van der Waals surface area contributed by atoms with Gasteiger partial charge in [-0.25, -0.2) is 9.98 Å². The molecule has 1 N–H and O–H groups in total. The number of nitrogens with one attached hydrogen (secondary N) is 1. The van der Waals surface area contributed by atoms with Crippen molar-refractivity contribution in [3.05, 3.63) is 23.9 Å². The molecule has 1 atom stereocenters. The van der Waals surface area contributed by atoms with Crippen molar-refractivity contribution in [1.82, 2.24) is 10.3 Å². The zero-order valence-electron chi connectivity index (χ0n) is 9.66. The first-order valence-electron chi connectivity index (χ1n) is 6.05. The lowest BCUT2D eigenvalue weighted by atomic mass is 9.77. The second-order valence-corrected chi connectivity index (χ2v) is 4.28. The van der Waals surface area contributed by atoms with Crippen molar-refractivity contribution in [2.24, 2.45) is 4.99 Å². The molecule has 0 aliphatic carbocycles. The van der Waals surface area contributed by atoms with E-state index in [-0.39, 0.29) is 5.41 Å². The monoisotopic (exact) mass is 202 g/mol. The number of fused-ring (bicyclic) bond motifs is 2. The molecule has 3 nitrogen and oxygen atoms in total. The summed E-state index contributed by atoms with van der Waals surface area (Å²) in [6.07, 6.45) is 5.34. The Hall–Kier alpha value is -1.22. The summed E-state index contributed by atoms with van der Waals surface area (Å²) in [5, 5.41) is 3.39. The van der Waals surface area contributed by atoms with Crippen molar-refractivity contribution in [3.63, 3.8) is 0 Å². The van der Waals surface area contributed by atoms with E-state index in [1.807, 2.05) is 6.07 Å². The molecule has 2 aliphatic heterocycles. The Morgan fingerprint density at radius 3 is 3.40 bits per heavy atom. The van der Waals surface area contributed by atoms with E-state index in [1.54, 1.807) is 6.20 Å². The van der Waals surface area contributed by atoms with E-state index in [0.29, 0.717) is 6.19 Å². The van der Waals surface area contributed by atoms with Gasteiger partial charge < -0.3 is 5.32 Å². The van der Waals surface area contributed by atoms with Crippen molar-refractivity contribution in [3.8, 4) is 0 Å². The number of hydrogen-bond donors (Lipinski definition) is 1. The molecule has 0 radical (unpaired) electrons. The van der Waals surface area contributed by atoms with Gasteiger partial charge in [0.05, 0.1) is 1.37 Å². The van der Waals surface area contributed by atoms with Crippen LogP contribution in [-0.2, 0) is 5.41 Å². The van der Waals surface area contributed by atoms with Crippen LogP contribution in [0, 0.1) is 0 Å². The molecule has 0 bridgehead atoms. The molecule has 1 aromatic rings. The molecule has 0 amide bonds. The Balaban J connectivity index is 2.09. The molecule has 15 heavy (non-hydrogen) atoms. The molecule has 1 spiro atoms. The van der Waals surface area contributed by atoms with E-state index in [9.17, 15) is 0 Å². The minimum atomic E-state index is -0.160. The highest BCUT2D eigenvalue weighted by molar-refractivity contribution is 5.83. The summed E-state index contributed by atoms with van der Waals surface area (Å²) >= 11 is 0. The molecule has 2 aliphatic rings. The maximum absolute atomic E-state index is 8.14. The van der Waals surface area contributed by atoms with E-state index in [0.717, 1.165) is 43.7 Å². The first-order chi connectivity index (χ1) is 7.83. The minimum absolute atomic E-state index is 0.160. The first kappa shape index (κ1) is 7.99. The Morgan fingerprint density at radius 2 is 2.40 bits per heavy atom. The molecule has 0 aromatic carbocycles. The van der Waals surface area contributed by atoms with Gasteiger partial charge in [0.15, 0.2) is 5.82 Å². The predicted molar refractivity (Wildman–Crippen MR) is 60.8 cm³/mol. The molecule has 1 aromatic heterocycles. The highest BCUT2D eigenvalue weighted by Gasteiger charge is 2.36. The molecule has 78 valence electrons. The normalized spacial score (nSPS) is 30.7. The van der Waals surface area contributed by atoms with E-state index in [4.69, 9.17) is 1.37 Å². The molecular formula is C12H15N3. The number of pyridine rings is 1. The molecule has 0 saturated carbocycles. The summed E-state index contributed by atoms with van der Waals surface area (Å²) in [5.41, 5.74) is 0.997. The summed E-state index contributed by atoms with van der Waals surface area (Å²) < 4.78 is 8.14. The van der Waals surface area contributed by atoms with Crippen molar-refractivity contribution in [2.45, 2.75) is 24.7 Å². The number of aliphatic imine (C=N–C) groups is 1. The highest BCUT2D eigenvalue weighted by atomic mass is 14.9. The van der Waals surface area contributed by atoms with Crippen LogP contribution in [0.5, 0.6) is 0 Å². The van der Waals surface area contributed by atoms with Crippen molar-refractivity contribution in [1.29, 1.82) is 0 Å². The standard InChI is InChI=1S/C12H15N3/c1-3-10-11(14-7-1)15-9-12(10)4-2-6-13-8-5-12/h1,3,7,9,13H,2,4-6,8H2/i9D. The minimum Gasteiger partial charge on any atom is -0.317 e. The molecule has 3 rings (SSSR count). The smallest absolute Gasteiger partial charge is 0.155 e. The van der Waals surface area contributed by atoms with E-state index in [2.05, 4.69) is 21.4 Å². The lowest BCUT2D eigenvalue weighted by Crippen LogP contribution is -2.27. The van der Waals surface area contributed by atoms with Crippen LogP contribution in [0.2, 0.25) is 0 Å². The first-order valence-corrected chi connectivity index (χ1v) is 5.55. The fraction of sp³-hybridized carbons (Fsp3) is 0.500. The van der Waals surface area contributed by atoms with Gasteiger partial charge in [-0.05, 0) is 38.4 Å². The van der Waals surface area contributed by atoms with Gasteiger partial charge in [0, 0.05) is 23.4 Å². The maximum atomic E-state index is 8.14. The summed E-state index contributed by atoms with van der Waals surface area (Å²) in [6, 6.07) is 4.03. The largest absolute Gasteiger partial charge is 0.317 e. The summed E-state index contributed by atoms with van der Waals surface area (Å²) in [6.45, 7) is 2.01. The quantitative estimate of drug-likeness (QED) is 0.696. The van der Waals surface area contributed by atoms with Gasteiger partial charge in [0.2, 0.25) is 0 Å². The number of hydrogen-bond acceptors (Lipinski definition) is 3. The molecule has 3 heterocycles. The van der Waals surface area contributed by atoms with Crippen LogP contribution in [0.3, 0.4) is 0 Å². The Bertz CT molecular complexity index is 434. The molecule has 3 heteroatoms. The average Bonchev–Trinajstić information content (AvgIpc) is 2.49. The summed E-state index contributed by atoms with van der Waals surface area (Å²) in [4.78, 5) is 8.58. The summed E-state index contributed by atoms with van der Waals surface area (Å²) in [5.74, 6) is 0.759. The lowest BCUT2D eigenvalue weighted by molar-refractivity contribution is 0.528. The van der Waals surface area contributed by atoms with Crippen LogP contribution in [-0.4, -0.2) is 24.3 Å². The zero-order valence-corrected chi connectivity index (χ0v) is 8.66. The molecular weight excluding hydrogens is 186 g/mol. The maximum Gasteiger partial charge on any atom is 0.155 e. The van der Waals surface area contributed by atoms with Crippen LogP contribution < -0.4 is 5.32 Å². The van der Waals surface area contributed by atoms with Crippen LogP contribution in [0.15, 0.2) is 23.3 Å². The van der Waals surface area contributed by atoms with Crippen LogP contribution in [0.1, 0.15) is 26.2 Å². The number of aromatic nitrogens is 1. The lowest BCUT2D eigenvalue weighted by Gasteiger charge is -2.24. The van der Waals surface area contributed by atoms with Crippen molar-refractivity contribution >= 4 is 12.0 Å². The fourth-order valence-electron chi connectivity index (χ4n) is 2.53. The van der Waals surface area contributed by atoms with Gasteiger partial charge in [0.1, 0.15) is 0 Å². The zero-order chi connectivity index (χ0) is 11.0. The third-order valence-electron chi connectivity index (χ3n) is 3.36. The third kappa shape index (κ3) is 1.38. The fourth-order valence-corrected chi connectivity index (χ4v) is 2.53. The number of nitrogens with zero attached hydrogens (tertiary/aromatic N) is 2. The van der Waals surface area contributed by atoms with Gasteiger partial charge in [-0.2, -0.15) is 0 Å². The van der Waals surface area contributed by atoms with Crippen LogP contribution in [0.25, 0.3) is 0 Å².